The van der Waals surface area contributed by atoms with Gasteiger partial charge in [-0.15, -0.1) is 0 Å². The van der Waals surface area contributed by atoms with Crippen LogP contribution in [0.3, 0.4) is 0 Å². The maximum absolute atomic E-state index is 12.0. The molecule has 0 aliphatic rings. The van der Waals surface area contributed by atoms with Gasteiger partial charge in [-0.25, -0.2) is 4.79 Å². The zero-order chi connectivity index (χ0) is 19.8. The molecule has 2 aromatic carbocycles. The van der Waals surface area contributed by atoms with Gasteiger partial charge in [0, 0.05) is 25.5 Å². The molecule has 0 radical (unpaired) electrons. The summed E-state index contributed by atoms with van der Waals surface area (Å²) in [5.74, 6) is -0.659. The van der Waals surface area contributed by atoms with E-state index in [0.717, 1.165) is 5.69 Å². The number of nitrogens with one attached hydrogen (secondary N) is 1. The van der Waals surface area contributed by atoms with Gasteiger partial charge in [0.1, 0.15) is 5.75 Å². The quantitative estimate of drug-likeness (QED) is 0.756. The number of hydrogen-bond donors (Lipinski definition) is 1. The van der Waals surface area contributed by atoms with Gasteiger partial charge in [0.25, 0.3) is 5.91 Å². The highest BCUT2D eigenvalue weighted by molar-refractivity contribution is 5.93. The minimum absolute atomic E-state index is 0.407. The SMILES string of the molecule is C[C@H](Oc1ccc(C#N)cc1)C(=O)OCC(=O)Nc1ccc(N(C)C)cc1. The number of nitrogens with zero attached hydrogens (tertiary/aromatic N) is 2. The predicted molar refractivity (Wildman–Crippen MR) is 102 cm³/mol. The monoisotopic (exact) mass is 367 g/mol. The van der Waals surface area contributed by atoms with E-state index in [1.54, 1.807) is 36.4 Å². The number of esters is 1. The van der Waals surface area contributed by atoms with Gasteiger partial charge in [0.05, 0.1) is 11.6 Å². The second-order valence-electron chi connectivity index (χ2n) is 5.99. The Morgan fingerprint density at radius 1 is 1.11 bits per heavy atom. The number of amides is 1. The summed E-state index contributed by atoms with van der Waals surface area (Å²) in [5, 5.41) is 11.4. The highest BCUT2D eigenvalue weighted by Gasteiger charge is 2.18. The predicted octanol–water partition coefficient (Wildman–Crippen LogP) is 2.57. The summed E-state index contributed by atoms with van der Waals surface area (Å²) >= 11 is 0. The van der Waals surface area contributed by atoms with Crippen molar-refractivity contribution >= 4 is 23.3 Å². The topological polar surface area (TPSA) is 91.7 Å². The Labute approximate surface area is 158 Å². The van der Waals surface area contributed by atoms with Crippen LogP contribution in [0.4, 0.5) is 11.4 Å². The van der Waals surface area contributed by atoms with E-state index < -0.39 is 24.6 Å². The molecule has 1 amide bonds. The molecule has 0 heterocycles. The third-order valence-corrected chi connectivity index (χ3v) is 3.64. The minimum Gasteiger partial charge on any atom is -0.479 e. The Hall–Kier alpha value is -3.53. The highest BCUT2D eigenvalue weighted by atomic mass is 16.6. The van der Waals surface area contributed by atoms with E-state index in [1.807, 2.05) is 37.2 Å². The number of benzene rings is 2. The molecular weight excluding hydrogens is 346 g/mol. The lowest BCUT2D eigenvalue weighted by molar-refractivity contribution is -0.153. The van der Waals surface area contributed by atoms with E-state index >= 15 is 0 Å². The fourth-order valence-corrected chi connectivity index (χ4v) is 2.15. The zero-order valence-electron chi connectivity index (χ0n) is 15.4. The van der Waals surface area contributed by atoms with Gasteiger partial charge in [-0.05, 0) is 55.5 Å². The number of carbonyl (C=O) groups excluding carboxylic acids is 2. The van der Waals surface area contributed by atoms with E-state index in [-0.39, 0.29) is 0 Å². The maximum Gasteiger partial charge on any atom is 0.347 e. The lowest BCUT2D eigenvalue weighted by atomic mass is 10.2. The number of ether oxygens (including phenoxy) is 2. The van der Waals surface area contributed by atoms with Crippen molar-refractivity contribution in [2.45, 2.75) is 13.0 Å². The summed E-state index contributed by atoms with van der Waals surface area (Å²) in [6.45, 7) is 1.12. The molecule has 2 aromatic rings. The van der Waals surface area contributed by atoms with Crippen LogP contribution in [0.25, 0.3) is 0 Å². The first-order chi connectivity index (χ1) is 12.9. The van der Waals surface area contributed by atoms with Crippen LogP contribution in [0.1, 0.15) is 12.5 Å². The van der Waals surface area contributed by atoms with Crippen LogP contribution in [0.15, 0.2) is 48.5 Å². The summed E-state index contributed by atoms with van der Waals surface area (Å²) in [6.07, 6.45) is -0.884. The van der Waals surface area contributed by atoms with E-state index in [1.165, 1.54) is 6.92 Å². The van der Waals surface area contributed by atoms with Crippen LogP contribution in [0, 0.1) is 11.3 Å². The molecule has 0 fully saturated rings. The van der Waals surface area contributed by atoms with Crippen molar-refractivity contribution in [1.82, 2.24) is 0 Å². The van der Waals surface area contributed by atoms with Crippen LogP contribution in [-0.2, 0) is 14.3 Å². The fourth-order valence-electron chi connectivity index (χ4n) is 2.15. The van der Waals surface area contributed by atoms with Gasteiger partial charge in [-0.2, -0.15) is 5.26 Å². The highest BCUT2D eigenvalue weighted by Crippen LogP contribution is 2.16. The summed E-state index contributed by atoms with van der Waals surface area (Å²) < 4.78 is 10.4. The van der Waals surface area contributed by atoms with Crippen molar-refractivity contribution in [3.05, 3.63) is 54.1 Å². The first-order valence-corrected chi connectivity index (χ1v) is 8.29. The van der Waals surface area contributed by atoms with Crippen molar-refractivity contribution in [3.63, 3.8) is 0 Å². The Morgan fingerprint density at radius 3 is 2.30 bits per heavy atom. The lowest BCUT2D eigenvalue weighted by Crippen LogP contribution is -2.29. The summed E-state index contributed by atoms with van der Waals surface area (Å²) in [5.41, 5.74) is 2.12. The number of nitriles is 1. The van der Waals surface area contributed by atoms with Crippen LogP contribution in [0.2, 0.25) is 0 Å². The summed E-state index contributed by atoms with van der Waals surface area (Å²) in [4.78, 5) is 25.8. The summed E-state index contributed by atoms with van der Waals surface area (Å²) in [7, 11) is 3.85. The average molecular weight is 367 g/mol. The van der Waals surface area contributed by atoms with Crippen molar-refractivity contribution in [3.8, 4) is 11.8 Å². The number of carbonyl (C=O) groups is 2. The van der Waals surface area contributed by atoms with Gasteiger partial charge >= 0.3 is 5.97 Å². The number of rotatable bonds is 7. The Bertz CT molecular complexity index is 824. The smallest absolute Gasteiger partial charge is 0.347 e. The van der Waals surface area contributed by atoms with Crippen molar-refractivity contribution in [1.29, 1.82) is 5.26 Å². The molecule has 0 aromatic heterocycles. The normalized spacial score (nSPS) is 11.0. The third kappa shape index (κ3) is 6.04. The molecule has 0 bridgehead atoms. The molecule has 2 rings (SSSR count). The molecule has 0 spiro atoms. The van der Waals surface area contributed by atoms with E-state index in [4.69, 9.17) is 14.7 Å². The standard InChI is InChI=1S/C20H21N3O4/c1-14(27-18-10-4-15(12-21)5-11-18)20(25)26-13-19(24)22-16-6-8-17(9-7-16)23(2)3/h4-11,14H,13H2,1-3H3,(H,22,24)/t14-/m0/s1. The molecule has 27 heavy (non-hydrogen) atoms. The van der Waals surface area contributed by atoms with Crippen molar-refractivity contribution in [2.24, 2.45) is 0 Å². The first kappa shape index (κ1) is 19.8. The molecule has 1 atom stereocenters. The maximum atomic E-state index is 12.0. The van der Waals surface area contributed by atoms with E-state index in [0.29, 0.717) is 17.0 Å². The van der Waals surface area contributed by atoms with Gasteiger partial charge < -0.3 is 19.7 Å². The van der Waals surface area contributed by atoms with Crippen LogP contribution in [-0.4, -0.2) is 38.7 Å². The zero-order valence-corrected chi connectivity index (χ0v) is 15.4. The van der Waals surface area contributed by atoms with Gasteiger partial charge in [-0.3, -0.25) is 4.79 Å². The molecule has 7 heteroatoms. The number of anilines is 2. The molecule has 7 nitrogen and oxygen atoms in total. The third-order valence-electron chi connectivity index (χ3n) is 3.64. The summed E-state index contributed by atoms with van der Waals surface area (Å²) in [6, 6.07) is 15.6. The van der Waals surface area contributed by atoms with Crippen LogP contribution in [0.5, 0.6) is 5.75 Å². The van der Waals surface area contributed by atoms with Gasteiger partial charge in [-0.1, -0.05) is 0 Å². The van der Waals surface area contributed by atoms with Gasteiger partial charge in [0.2, 0.25) is 0 Å². The molecule has 0 saturated heterocycles. The Balaban J connectivity index is 1.79. The Kier molecular flexibility index (Phi) is 6.78. The van der Waals surface area contributed by atoms with E-state index in [9.17, 15) is 9.59 Å². The Morgan fingerprint density at radius 2 is 1.74 bits per heavy atom. The fraction of sp³-hybridized carbons (Fsp3) is 0.250. The van der Waals surface area contributed by atoms with E-state index in [2.05, 4.69) is 5.32 Å². The van der Waals surface area contributed by atoms with Crippen molar-refractivity contribution in [2.75, 3.05) is 30.9 Å². The molecule has 140 valence electrons. The number of hydrogen-bond acceptors (Lipinski definition) is 6. The molecule has 0 aliphatic heterocycles. The molecular formula is C20H21N3O4. The lowest BCUT2D eigenvalue weighted by Gasteiger charge is -2.14. The molecule has 0 unspecified atom stereocenters. The van der Waals surface area contributed by atoms with Crippen molar-refractivity contribution < 1.29 is 19.1 Å². The first-order valence-electron chi connectivity index (χ1n) is 8.29. The second kappa shape index (κ2) is 9.25. The van der Waals surface area contributed by atoms with Crippen LogP contribution < -0.4 is 15.0 Å². The molecule has 1 N–H and O–H groups in total. The minimum atomic E-state index is -0.884. The van der Waals surface area contributed by atoms with Crippen LogP contribution >= 0.6 is 0 Å². The largest absolute Gasteiger partial charge is 0.479 e. The second-order valence-corrected chi connectivity index (χ2v) is 5.99. The van der Waals surface area contributed by atoms with Gasteiger partial charge in [0.15, 0.2) is 12.7 Å². The molecule has 0 saturated carbocycles. The molecule has 0 aliphatic carbocycles. The average Bonchev–Trinajstić information content (AvgIpc) is 2.67.